The Morgan fingerprint density at radius 1 is 0.971 bits per heavy atom. The lowest BCUT2D eigenvalue weighted by Gasteiger charge is -2.32. The molecule has 1 aliphatic rings. The Bertz CT molecular complexity index is 1280. The second-order valence-corrected chi connectivity index (χ2v) is 8.58. The van der Waals surface area contributed by atoms with E-state index in [9.17, 15) is 5.11 Å². The van der Waals surface area contributed by atoms with Crippen LogP contribution < -0.4 is 4.90 Å². The van der Waals surface area contributed by atoms with E-state index in [1.54, 1.807) is 11.8 Å². The van der Waals surface area contributed by atoms with Crippen LogP contribution in [-0.2, 0) is 15.1 Å². The molecule has 0 aliphatic carbocycles. The van der Waals surface area contributed by atoms with Crippen molar-refractivity contribution in [3.63, 3.8) is 0 Å². The quantitative estimate of drug-likeness (QED) is 0.442. The minimum Gasteiger partial charge on any atom is -0.392 e. The van der Waals surface area contributed by atoms with Crippen LogP contribution in [0.15, 0.2) is 72.9 Å². The lowest BCUT2D eigenvalue weighted by molar-refractivity contribution is -0.0307. The van der Waals surface area contributed by atoms with Gasteiger partial charge in [-0.3, -0.25) is 0 Å². The number of aliphatic hydroxyl groups excluding tert-OH is 1. The number of anilines is 1. The molecule has 1 atom stereocenters. The number of ether oxygens (including phenoxy) is 2. The Hall–Kier alpha value is -3.59. The highest BCUT2D eigenvalue weighted by molar-refractivity contribution is 5.60. The van der Waals surface area contributed by atoms with E-state index in [0.717, 1.165) is 22.6 Å². The van der Waals surface area contributed by atoms with E-state index >= 15 is 0 Å². The first kappa shape index (κ1) is 23.2. The van der Waals surface area contributed by atoms with Crippen LogP contribution in [-0.4, -0.2) is 64.9 Å². The van der Waals surface area contributed by atoms with Crippen molar-refractivity contribution in [1.29, 1.82) is 0 Å². The van der Waals surface area contributed by atoms with Gasteiger partial charge in [-0.05, 0) is 24.6 Å². The first-order valence-corrected chi connectivity index (χ1v) is 11.7. The molecule has 1 unspecified atom stereocenters. The van der Waals surface area contributed by atoms with E-state index in [2.05, 4.69) is 24.0 Å². The third-order valence-corrected chi connectivity index (χ3v) is 6.34. The minimum atomic E-state index is -1.22. The predicted octanol–water partition coefficient (Wildman–Crippen LogP) is 3.36. The standard InChI is InChI=1S/C27H29N5O3/c1-20-7-6-8-21(17-20)23-11-12-32(30-23)25-18-24(31-13-15-35-16-14-31)28-26(29-25)27(19-33,34-2)22-9-4-3-5-10-22/h3-12,17-18,33H,13-16,19H2,1-2H3. The number of morpholine rings is 1. The number of aryl methyl sites for hydroxylation is 1. The summed E-state index contributed by atoms with van der Waals surface area (Å²) in [7, 11) is 1.57. The maximum absolute atomic E-state index is 10.6. The number of hydrogen-bond acceptors (Lipinski definition) is 7. The highest BCUT2D eigenvalue weighted by Crippen LogP contribution is 2.33. The molecule has 3 heterocycles. The fourth-order valence-corrected chi connectivity index (χ4v) is 4.36. The monoisotopic (exact) mass is 471 g/mol. The summed E-state index contributed by atoms with van der Waals surface area (Å²) in [6.07, 6.45) is 1.89. The van der Waals surface area contributed by atoms with E-state index in [1.165, 1.54) is 5.56 Å². The lowest BCUT2D eigenvalue weighted by Crippen LogP contribution is -2.40. The smallest absolute Gasteiger partial charge is 0.175 e. The normalized spacial score (nSPS) is 15.7. The summed E-state index contributed by atoms with van der Waals surface area (Å²) in [5, 5.41) is 15.4. The zero-order valence-corrected chi connectivity index (χ0v) is 20.0. The highest BCUT2D eigenvalue weighted by Gasteiger charge is 2.38. The average molecular weight is 472 g/mol. The molecule has 2 aromatic carbocycles. The Balaban J connectivity index is 1.64. The molecule has 1 fully saturated rings. The van der Waals surface area contributed by atoms with Gasteiger partial charge < -0.3 is 19.5 Å². The zero-order valence-electron chi connectivity index (χ0n) is 20.0. The Labute approximate surface area is 204 Å². The van der Waals surface area contributed by atoms with Gasteiger partial charge in [0, 0.05) is 38.0 Å². The van der Waals surface area contributed by atoms with Crippen LogP contribution in [0.25, 0.3) is 17.1 Å². The van der Waals surface area contributed by atoms with E-state index < -0.39 is 5.60 Å². The number of benzene rings is 2. The highest BCUT2D eigenvalue weighted by atomic mass is 16.5. The predicted molar refractivity (Wildman–Crippen MR) is 134 cm³/mol. The molecule has 0 spiro atoms. The fourth-order valence-electron chi connectivity index (χ4n) is 4.36. The second-order valence-electron chi connectivity index (χ2n) is 8.58. The zero-order chi connectivity index (χ0) is 24.3. The van der Waals surface area contributed by atoms with Gasteiger partial charge in [0.25, 0.3) is 0 Å². The summed E-state index contributed by atoms with van der Waals surface area (Å²) >= 11 is 0. The molecule has 1 saturated heterocycles. The topological polar surface area (TPSA) is 85.5 Å². The third-order valence-electron chi connectivity index (χ3n) is 6.34. The summed E-state index contributed by atoms with van der Waals surface area (Å²) in [5.74, 6) is 1.72. The number of methoxy groups -OCH3 is 1. The summed E-state index contributed by atoms with van der Waals surface area (Å²) in [5.41, 5.74) is 2.62. The SMILES string of the molecule is COC(CO)(c1ccccc1)c1nc(N2CCOCC2)cc(-n2ccc(-c3cccc(C)c3)n2)n1. The van der Waals surface area contributed by atoms with Crippen LogP contribution in [0, 0.1) is 6.92 Å². The van der Waals surface area contributed by atoms with Crippen LogP contribution in [0.2, 0.25) is 0 Å². The average Bonchev–Trinajstić information content (AvgIpc) is 3.42. The van der Waals surface area contributed by atoms with Gasteiger partial charge in [-0.25, -0.2) is 14.6 Å². The van der Waals surface area contributed by atoms with E-state index in [4.69, 9.17) is 24.5 Å². The minimum absolute atomic E-state index is 0.312. The first-order chi connectivity index (χ1) is 17.1. The van der Waals surface area contributed by atoms with Crippen molar-refractivity contribution in [2.45, 2.75) is 12.5 Å². The number of aromatic nitrogens is 4. The van der Waals surface area contributed by atoms with Crippen molar-refractivity contribution in [3.05, 3.63) is 89.9 Å². The summed E-state index contributed by atoms with van der Waals surface area (Å²) < 4.78 is 13.2. The van der Waals surface area contributed by atoms with Crippen molar-refractivity contribution in [2.24, 2.45) is 0 Å². The number of hydrogen-bond donors (Lipinski definition) is 1. The molecule has 0 amide bonds. The maximum atomic E-state index is 10.6. The summed E-state index contributed by atoms with van der Waals surface area (Å²) in [4.78, 5) is 11.9. The maximum Gasteiger partial charge on any atom is 0.175 e. The molecule has 1 aliphatic heterocycles. The van der Waals surface area contributed by atoms with E-state index in [-0.39, 0.29) is 6.61 Å². The van der Waals surface area contributed by atoms with Gasteiger partial charge >= 0.3 is 0 Å². The van der Waals surface area contributed by atoms with Crippen LogP contribution in [0.5, 0.6) is 0 Å². The Morgan fingerprint density at radius 3 is 2.46 bits per heavy atom. The number of aliphatic hydroxyl groups is 1. The van der Waals surface area contributed by atoms with E-state index in [0.29, 0.717) is 37.9 Å². The van der Waals surface area contributed by atoms with Crippen molar-refractivity contribution >= 4 is 5.82 Å². The Morgan fingerprint density at radius 2 is 1.74 bits per heavy atom. The van der Waals surface area contributed by atoms with Crippen LogP contribution in [0.4, 0.5) is 5.82 Å². The first-order valence-electron chi connectivity index (χ1n) is 11.7. The molecule has 8 nitrogen and oxygen atoms in total. The largest absolute Gasteiger partial charge is 0.392 e. The van der Waals surface area contributed by atoms with Gasteiger partial charge in [-0.1, -0.05) is 54.1 Å². The van der Waals surface area contributed by atoms with Gasteiger partial charge in [0.1, 0.15) is 5.82 Å². The van der Waals surface area contributed by atoms with Gasteiger partial charge in [0.2, 0.25) is 0 Å². The van der Waals surface area contributed by atoms with Gasteiger partial charge in [0.15, 0.2) is 17.2 Å². The van der Waals surface area contributed by atoms with Crippen LogP contribution in [0.1, 0.15) is 17.0 Å². The Kier molecular flexibility index (Phi) is 6.59. The molecule has 0 saturated carbocycles. The molecule has 0 bridgehead atoms. The van der Waals surface area contributed by atoms with Crippen molar-refractivity contribution in [1.82, 2.24) is 19.7 Å². The van der Waals surface area contributed by atoms with Crippen LogP contribution >= 0.6 is 0 Å². The molecule has 1 N–H and O–H groups in total. The third kappa shape index (κ3) is 4.55. The van der Waals surface area contributed by atoms with Crippen molar-refractivity contribution in [3.8, 4) is 17.1 Å². The van der Waals surface area contributed by atoms with Crippen molar-refractivity contribution in [2.75, 3.05) is 44.9 Å². The van der Waals surface area contributed by atoms with Gasteiger partial charge in [0.05, 0.1) is 25.5 Å². The number of nitrogens with zero attached hydrogens (tertiary/aromatic N) is 5. The van der Waals surface area contributed by atoms with Crippen molar-refractivity contribution < 1.29 is 14.6 Å². The molecular weight excluding hydrogens is 442 g/mol. The lowest BCUT2D eigenvalue weighted by atomic mass is 9.93. The second kappa shape index (κ2) is 9.95. The molecule has 5 rings (SSSR count). The molecule has 0 radical (unpaired) electrons. The molecule has 180 valence electrons. The molecule has 2 aromatic heterocycles. The molecule has 35 heavy (non-hydrogen) atoms. The number of rotatable bonds is 7. The molecule has 8 heteroatoms. The van der Waals surface area contributed by atoms with Gasteiger partial charge in [-0.2, -0.15) is 5.10 Å². The van der Waals surface area contributed by atoms with Crippen LogP contribution in [0.3, 0.4) is 0 Å². The molecule has 4 aromatic rings. The molecular formula is C27H29N5O3. The summed E-state index contributed by atoms with van der Waals surface area (Å²) in [6.45, 7) is 4.44. The summed E-state index contributed by atoms with van der Waals surface area (Å²) in [6, 6.07) is 21.7. The fraction of sp³-hybridized carbons (Fsp3) is 0.296. The van der Waals surface area contributed by atoms with E-state index in [1.807, 2.05) is 60.8 Å². The van der Waals surface area contributed by atoms with Gasteiger partial charge in [-0.15, -0.1) is 0 Å².